The van der Waals surface area contributed by atoms with E-state index in [0.717, 1.165) is 30.7 Å². The van der Waals surface area contributed by atoms with Crippen molar-refractivity contribution in [2.45, 2.75) is 26.3 Å². The molecular formula is C16H16BrClN2S. The van der Waals surface area contributed by atoms with Crippen LogP contribution in [0, 0.1) is 6.92 Å². The molecule has 0 spiro atoms. The van der Waals surface area contributed by atoms with Crippen molar-refractivity contribution in [1.29, 1.82) is 0 Å². The second kappa shape index (κ2) is 6.51. The fourth-order valence-electron chi connectivity index (χ4n) is 2.52. The molecule has 3 rings (SSSR count). The maximum absolute atomic E-state index is 5.93. The highest BCUT2D eigenvalue weighted by atomic mass is 79.9. The highest BCUT2D eigenvalue weighted by Crippen LogP contribution is 2.24. The summed E-state index contributed by atoms with van der Waals surface area (Å²) in [6.07, 6.45) is 1.83. The van der Waals surface area contributed by atoms with E-state index < -0.39 is 0 Å². The third-order valence-electron chi connectivity index (χ3n) is 3.51. The van der Waals surface area contributed by atoms with Crippen molar-refractivity contribution in [2.75, 3.05) is 5.88 Å². The van der Waals surface area contributed by atoms with Gasteiger partial charge in [-0.15, -0.1) is 22.9 Å². The van der Waals surface area contributed by atoms with Crippen LogP contribution >= 0.6 is 38.9 Å². The fraction of sp³-hybridized carbons (Fsp3) is 0.312. The maximum atomic E-state index is 5.93. The van der Waals surface area contributed by atoms with E-state index in [9.17, 15) is 0 Å². The van der Waals surface area contributed by atoms with Gasteiger partial charge in [-0.05, 0) is 59.1 Å². The Morgan fingerprint density at radius 2 is 2.10 bits per heavy atom. The molecule has 0 unspecified atom stereocenters. The van der Waals surface area contributed by atoms with E-state index in [1.165, 1.54) is 19.7 Å². The maximum Gasteiger partial charge on any atom is 0.111 e. The minimum Gasteiger partial charge on any atom is -0.328 e. The van der Waals surface area contributed by atoms with Gasteiger partial charge in [0, 0.05) is 23.7 Å². The molecule has 0 amide bonds. The van der Waals surface area contributed by atoms with Crippen LogP contribution in [0.4, 0.5) is 0 Å². The molecule has 0 saturated heterocycles. The zero-order chi connectivity index (χ0) is 14.8. The Bertz CT molecular complexity index is 763. The van der Waals surface area contributed by atoms with Gasteiger partial charge in [-0.3, -0.25) is 0 Å². The van der Waals surface area contributed by atoms with Gasteiger partial charge in [0.15, 0.2) is 0 Å². The van der Waals surface area contributed by atoms with Crippen LogP contribution in [-0.4, -0.2) is 15.4 Å². The molecule has 0 atom stereocenters. The highest BCUT2D eigenvalue weighted by molar-refractivity contribution is 9.11. The van der Waals surface area contributed by atoms with Crippen molar-refractivity contribution in [3.63, 3.8) is 0 Å². The van der Waals surface area contributed by atoms with E-state index in [1.807, 2.05) is 0 Å². The van der Waals surface area contributed by atoms with Crippen molar-refractivity contribution in [3.8, 4) is 0 Å². The predicted molar refractivity (Wildman–Crippen MR) is 94.6 cm³/mol. The molecule has 0 N–H and O–H groups in total. The summed E-state index contributed by atoms with van der Waals surface area (Å²) in [5.41, 5.74) is 3.52. The molecule has 1 aromatic carbocycles. The van der Waals surface area contributed by atoms with Crippen molar-refractivity contribution in [1.82, 2.24) is 9.55 Å². The topological polar surface area (TPSA) is 17.8 Å². The van der Waals surface area contributed by atoms with Gasteiger partial charge in [-0.2, -0.15) is 0 Å². The van der Waals surface area contributed by atoms with Crippen molar-refractivity contribution in [3.05, 3.63) is 50.4 Å². The summed E-state index contributed by atoms with van der Waals surface area (Å²) in [4.78, 5) is 6.14. The molecule has 0 aliphatic rings. The Kier molecular flexibility index (Phi) is 4.67. The number of aromatic nitrogens is 2. The lowest BCUT2D eigenvalue weighted by Crippen LogP contribution is -2.06. The summed E-state index contributed by atoms with van der Waals surface area (Å²) in [6, 6.07) is 10.7. The number of hydrogen-bond acceptors (Lipinski definition) is 2. The number of rotatable bonds is 5. The summed E-state index contributed by atoms with van der Waals surface area (Å²) in [6.45, 7) is 3.04. The number of alkyl halides is 1. The fourth-order valence-corrected chi connectivity index (χ4v) is 4.16. The quantitative estimate of drug-likeness (QED) is 0.554. The molecule has 3 aromatic rings. The number of imidazole rings is 1. The molecule has 2 aromatic heterocycles. The second-order valence-electron chi connectivity index (χ2n) is 5.07. The molecule has 21 heavy (non-hydrogen) atoms. The van der Waals surface area contributed by atoms with Gasteiger partial charge in [0.25, 0.3) is 0 Å². The summed E-state index contributed by atoms with van der Waals surface area (Å²) in [5.74, 6) is 1.69. The lowest BCUT2D eigenvalue weighted by atomic mass is 10.2. The molecule has 0 saturated carbocycles. The summed E-state index contributed by atoms with van der Waals surface area (Å²) in [5, 5.41) is 0. The average Bonchev–Trinajstić information content (AvgIpc) is 3.00. The van der Waals surface area contributed by atoms with Crippen LogP contribution < -0.4 is 0 Å². The minimum absolute atomic E-state index is 0.604. The van der Waals surface area contributed by atoms with E-state index in [2.05, 4.69) is 57.8 Å². The number of aryl methyl sites for hydroxylation is 4. The number of halogens is 2. The van der Waals surface area contributed by atoms with E-state index in [0.29, 0.717) is 5.88 Å². The molecular weight excluding hydrogens is 368 g/mol. The first-order valence-electron chi connectivity index (χ1n) is 6.93. The van der Waals surface area contributed by atoms with Gasteiger partial charge >= 0.3 is 0 Å². The summed E-state index contributed by atoms with van der Waals surface area (Å²) >= 11 is 11.2. The average molecular weight is 384 g/mol. The SMILES string of the molecule is Cc1ccc2c(c1)nc(CCCl)n2CCc1ccc(Br)s1. The molecule has 0 fully saturated rings. The van der Waals surface area contributed by atoms with E-state index >= 15 is 0 Å². The van der Waals surface area contributed by atoms with E-state index in [1.54, 1.807) is 11.3 Å². The highest BCUT2D eigenvalue weighted by Gasteiger charge is 2.11. The Hall–Kier alpha value is -0.840. The van der Waals surface area contributed by atoms with Crippen molar-refractivity contribution >= 4 is 49.9 Å². The second-order valence-corrected chi connectivity index (χ2v) is 7.99. The van der Waals surface area contributed by atoms with Crippen LogP contribution in [0.3, 0.4) is 0 Å². The summed E-state index contributed by atoms with van der Waals surface area (Å²) < 4.78 is 3.50. The number of fused-ring (bicyclic) bond motifs is 1. The first-order chi connectivity index (χ1) is 10.2. The normalized spacial score (nSPS) is 11.4. The van der Waals surface area contributed by atoms with Gasteiger partial charge in [0.1, 0.15) is 5.82 Å². The molecule has 5 heteroatoms. The van der Waals surface area contributed by atoms with E-state index in [4.69, 9.17) is 16.6 Å². The third kappa shape index (κ3) is 3.33. The molecule has 2 nitrogen and oxygen atoms in total. The number of benzene rings is 1. The molecule has 0 radical (unpaired) electrons. The number of hydrogen-bond donors (Lipinski definition) is 0. The van der Waals surface area contributed by atoms with Crippen LogP contribution in [-0.2, 0) is 19.4 Å². The van der Waals surface area contributed by atoms with E-state index in [-0.39, 0.29) is 0 Å². The summed E-state index contributed by atoms with van der Waals surface area (Å²) in [7, 11) is 0. The van der Waals surface area contributed by atoms with Crippen LogP contribution in [0.15, 0.2) is 34.1 Å². The zero-order valence-electron chi connectivity index (χ0n) is 11.8. The molecule has 0 aliphatic heterocycles. The lowest BCUT2D eigenvalue weighted by Gasteiger charge is -2.07. The Morgan fingerprint density at radius 3 is 2.81 bits per heavy atom. The molecule has 110 valence electrons. The van der Waals surface area contributed by atoms with Crippen molar-refractivity contribution < 1.29 is 0 Å². The predicted octanol–water partition coefficient (Wildman–Crippen LogP) is 5.19. The smallest absolute Gasteiger partial charge is 0.111 e. The Labute approximate surface area is 141 Å². The standard InChI is InChI=1S/C16H16BrClN2S/c1-11-2-4-14-13(10-11)19-16(6-8-18)20(14)9-7-12-3-5-15(17)21-12/h2-5,10H,6-9H2,1H3. The number of thiophene rings is 1. The molecule has 0 aliphatic carbocycles. The van der Waals surface area contributed by atoms with Gasteiger partial charge in [-0.25, -0.2) is 4.98 Å². The first-order valence-corrected chi connectivity index (χ1v) is 9.07. The molecule has 0 bridgehead atoms. The number of nitrogens with zero attached hydrogens (tertiary/aromatic N) is 2. The van der Waals surface area contributed by atoms with Crippen LogP contribution in [0.1, 0.15) is 16.3 Å². The third-order valence-corrected chi connectivity index (χ3v) is 5.38. The minimum atomic E-state index is 0.604. The van der Waals surface area contributed by atoms with Crippen LogP contribution in [0.2, 0.25) is 0 Å². The van der Waals surface area contributed by atoms with Crippen molar-refractivity contribution in [2.24, 2.45) is 0 Å². The van der Waals surface area contributed by atoms with Gasteiger partial charge in [0.2, 0.25) is 0 Å². The van der Waals surface area contributed by atoms with Crippen LogP contribution in [0.25, 0.3) is 11.0 Å². The lowest BCUT2D eigenvalue weighted by molar-refractivity contribution is 0.679. The monoisotopic (exact) mass is 382 g/mol. The van der Waals surface area contributed by atoms with Gasteiger partial charge in [-0.1, -0.05) is 6.07 Å². The van der Waals surface area contributed by atoms with Gasteiger partial charge in [0.05, 0.1) is 14.8 Å². The Balaban J connectivity index is 1.92. The van der Waals surface area contributed by atoms with Gasteiger partial charge < -0.3 is 4.57 Å². The Morgan fingerprint density at radius 1 is 1.24 bits per heavy atom. The largest absolute Gasteiger partial charge is 0.328 e. The zero-order valence-corrected chi connectivity index (χ0v) is 14.9. The first kappa shape index (κ1) is 15.1. The molecule has 2 heterocycles. The van der Waals surface area contributed by atoms with Crippen LogP contribution in [0.5, 0.6) is 0 Å².